The number of rotatable bonds is 1. The van der Waals surface area contributed by atoms with Gasteiger partial charge in [0, 0.05) is 5.88 Å². The quantitative estimate of drug-likeness (QED) is 0.333. The van der Waals surface area contributed by atoms with Crippen LogP contribution in [-0.2, 0) is 0 Å². The maximum absolute atomic E-state index is 5.07. The fraction of sp³-hybridized carbons (Fsp3) is 0.333. The molecular formula is C3H7ClTe. The van der Waals surface area contributed by atoms with Crippen LogP contribution in [0.4, 0.5) is 0 Å². The molecular weight excluding hydrogens is 199 g/mol. The summed E-state index contributed by atoms with van der Waals surface area (Å²) >= 11 is 5.07. The molecule has 0 saturated heterocycles. The number of alkyl halides is 1. The van der Waals surface area contributed by atoms with Crippen LogP contribution in [-0.4, -0.2) is 29.5 Å². The van der Waals surface area contributed by atoms with Crippen molar-refractivity contribution in [1.82, 2.24) is 0 Å². The van der Waals surface area contributed by atoms with E-state index < -0.39 is 0 Å². The standard InChI is InChI=1S/C3H5Cl.H2Te/c1-2-3-4;/h2H,1,3H2;1H2. The third-order valence-electron chi connectivity index (χ3n) is 0.109. The molecule has 0 unspecified atom stereocenters. The van der Waals surface area contributed by atoms with Gasteiger partial charge in [0.15, 0.2) is 0 Å². The average molecular weight is 206 g/mol. The van der Waals surface area contributed by atoms with E-state index in [1.165, 1.54) is 0 Å². The molecule has 0 heterocycles. The van der Waals surface area contributed by atoms with Crippen LogP contribution in [0.2, 0.25) is 0 Å². The summed E-state index contributed by atoms with van der Waals surface area (Å²) in [5.74, 6) is 0.556. The summed E-state index contributed by atoms with van der Waals surface area (Å²) in [5.41, 5.74) is 0. The Kier molecular flexibility index (Phi) is 16.4. The first-order valence-electron chi connectivity index (χ1n) is 1.08. The van der Waals surface area contributed by atoms with E-state index in [1.807, 2.05) is 0 Å². The van der Waals surface area contributed by atoms with E-state index in [2.05, 4.69) is 6.58 Å². The second-order valence-corrected chi connectivity index (χ2v) is 0.752. The van der Waals surface area contributed by atoms with Gasteiger partial charge in [-0.2, -0.15) is 0 Å². The van der Waals surface area contributed by atoms with Crippen molar-refractivity contribution in [2.75, 3.05) is 5.88 Å². The van der Waals surface area contributed by atoms with Gasteiger partial charge in [-0.3, -0.25) is 0 Å². The van der Waals surface area contributed by atoms with E-state index in [4.69, 9.17) is 11.6 Å². The molecule has 2 heteroatoms. The molecule has 0 aliphatic rings. The first kappa shape index (κ1) is 9.27. The summed E-state index contributed by atoms with van der Waals surface area (Å²) in [5, 5.41) is 0. The van der Waals surface area contributed by atoms with Crippen molar-refractivity contribution in [1.29, 1.82) is 0 Å². The topological polar surface area (TPSA) is 0 Å². The Morgan fingerprint density at radius 2 is 2.00 bits per heavy atom. The fourth-order valence-corrected chi connectivity index (χ4v) is 0. The van der Waals surface area contributed by atoms with E-state index in [0.717, 1.165) is 0 Å². The number of hydrogen-bond acceptors (Lipinski definition) is 0. The number of hydrogen-bond donors (Lipinski definition) is 0. The monoisotopic (exact) mass is 208 g/mol. The Balaban J connectivity index is 0. The molecule has 0 nitrogen and oxygen atoms in total. The van der Waals surface area contributed by atoms with Crippen molar-refractivity contribution in [2.24, 2.45) is 0 Å². The van der Waals surface area contributed by atoms with Gasteiger partial charge in [-0.15, -0.1) is 18.2 Å². The van der Waals surface area contributed by atoms with E-state index in [1.54, 1.807) is 6.08 Å². The second-order valence-electron chi connectivity index (χ2n) is 0.443. The summed E-state index contributed by atoms with van der Waals surface area (Å²) in [7, 11) is 0. The van der Waals surface area contributed by atoms with Crippen LogP contribution >= 0.6 is 11.6 Å². The Morgan fingerprint density at radius 1 is 1.80 bits per heavy atom. The summed E-state index contributed by atoms with van der Waals surface area (Å²) in [4.78, 5) is 0. The van der Waals surface area contributed by atoms with Crippen LogP contribution in [0.5, 0.6) is 0 Å². The van der Waals surface area contributed by atoms with Gasteiger partial charge in [0.2, 0.25) is 0 Å². The summed E-state index contributed by atoms with van der Waals surface area (Å²) < 4.78 is 0. The molecule has 0 amide bonds. The van der Waals surface area contributed by atoms with Crippen molar-refractivity contribution >= 4 is 35.3 Å². The van der Waals surface area contributed by atoms with Gasteiger partial charge in [-0.05, 0) is 0 Å². The molecule has 0 aliphatic heterocycles. The Morgan fingerprint density at radius 3 is 2.00 bits per heavy atom. The van der Waals surface area contributed by atoms with Gasteiger partial charge in [0.1, 0.15) is 0 Å². The second kappa shape index (κ2) is 8.84. The van der Waals surface area contributed by atoms with E-state index in [0.29, 0.717) is 5.88 Å². The Bertz CT molecular complexity index is 20.9. The molecule has 0 spiro atoms. The predicted molar refractivity (Wildman–Crippen MR) is 29.5 cm³/mol. The van der Waals surface area contributed by atoms with Crippen molar-refractivity contribution < 1.29 is 0 Å². The zero-order valence-corrected chi connectivity index (χ0v) is 6.48. The van der Waals surface area contributed by atoms with Crippen LogP contribution in [0.3, 0.4) is 0 Å². The zero-order valence-electron chi connectivity index (χ0n) is 2.87. The molecule has 5 heavy (non-hydrogen) atoms. The zero-order chi connectivity index (χ0) is 3.41. The van der Waals surface area contributed by atoms with Crippen LogP contribution in [0.15, 0.2) is 12.7 Å². The van der Waals surface area contributed by atoms with E-state index in [9.17, 15) is 0 Å². The van der Waals surface area contributed by atoms with Gasteiger partial charge >= 0.3 is 23.7 Å². The Hall–Kier alpha value is 0.820. The van der Waals surface area contributed by atoms with Gasteiger partial charge in [0.05, 0.1) is 0 Å². The van der Waals surface area contributed by atoms with E-state index in [-0.39, 0.29) is 23.7 Å². The molecule has 0 radical (unpaired) electrons. The molecule has 0 aliphatic carbocycles. The minimum absolute atomic E-state index is 0. The average Bonchev–Trinajstić information content (AvgIpc) is 1.37. The van der Waals surface area contributed by atoms with Crippen molar-refractivity contribution in [2.45, 2.75) is 0 Å². The predicted octanol–water partition coefficient (Wildman–Crippen LogP) is 0.495. The fourth-order valence-electron chi connectivity index (χ4n) is 0. The van der Waals surface area contributed by atoms with Crippen LogP contribution < -0.4 is 0 Å². The summed E-state index contributed by atoms with van der Waals surface area (Å²) in [6.07, 6.45) is 1.64. The molecule has 0 fully saturated rings. The van der Waals surface area contributed by atoms with Crippen molar-refractivity contribution in [3.63, 3.8) is 0 Å². The molecule has 32 valence electrons. The molecule has 0 N–H and O–H groups in total. The van der Waals surface area contributed by atoms with Crippen LogP contribution in [0.25, 0.3) is 0 Å². The molecule has 0 bridgehead atoms. The first-order chi connectivity index (χ1) is 1.91. The van der Waals surface area contributed by atoms with Crippen LogP contribution in [0.1, 0.15) is 0 Å². The first-order valence-corrected chi connectivity index (χ1v) is 1.62. The molecule has 0 rings (SSSR count). The number of allylic oxidation sites excluding steroid dienone is 1. The molecule has 0 saturated carbocycles. The Labute approximate surface area is 53.9 Å². The van der Waals surface area contributed by atoms with E-state index >= 15 is 0 Å². The van der Waals surface area contributed by atoms with Gasteiger partial charge in [-0.25, -0.2) is 0 Å². The third kappa shape index (κ3) is 11.6. The molecule has 0 aromatic heterocycles. The van der Waals surface area contributed by atoms with Gasteiger partial charge in [-0.1, -0.05) is 6.08 Å². The van der Waals surface area contributed by atoms with Gasteiger partial charge < -0.3 is 0 Å². The van der Waals surface area contributed by atoms with Crippen LogP contribution in [0, 0.1) is 0 Å². The molecule has 0 aromatic rings. The van der Waals surface area contributed by atoms with Gasteiger partial charge in [0.25, 0.3) is 0 Å². The maximum atomic E-state index is 5.07. The molecule has 0 atom stereocenters. The summed E-state index contributed by atoms with van der Waals surface area (Å²) in [6, 6.07) is 0. The third-order valence-corrected chi connectivity index (χ3v) is 0.327. The normalized spacial score (nSPS) is 5.00. The van der Waals surface area contributed by atoms with Crippen molar-refractivity contribution in [3.05, 3.63) is 12.7 Å². The minimum atomic E-state index is 0. The SMILES string of the molecule is C=CCCl.[TeH2]. The molecule has 0 aromatic carbocycles. The number of halogens is 1. The van der Waals surface area contributed by atoms with Crippen molar-refractivity contribution in [3.8, 4) is 0 Å². The summed E-state index contributed by atoms with van der Waals surface area (Å²) in [6.45, 7) is 3.35.